The molecule has 0 radical (unpaired) electrons. The lowest BCUT2D eigenvalue weighted by Crippen LogP contribution is -2.40. The van der Waals surface area contributed by atoms with Gasteiger partial charge in [-0.25, -0.2) is 4.79 Å². The Morgan fingerprint density at radius 3 is 2.33 bits per heavy atom. The van der Waals surface area contributed by atoms with Crippen molar-refractivity contribution in [1.29, 1.82) is 0 Å². The Balaban J connectivity index is 1.22. The first-order valence-corrected chi connectivity index (χ1v) is 14.5. The summed E-state index contributed by atoms with van der Waals surface area (Å²) in [5.74, 6) is 0. The van der Waals surface area contributed by atoms with Crippen LogP contribution < -0.4 is 17.0 Å². The van der Waals surface area contributed by atoms with E-state index in [2.05, 4.69) is 15.3 Å². The fourth-order valence-electron chi connectivity index (χ4n) is 5.57. The average Bonchev–Trinajstić information content (AvgIpc) is 3.72. The van der Waals surface area contributed by atoms with Crippen LogP contribution in [0.4, 0.5) is 0 Å². The van der Waals surface area contributed by atoms with Gasteiger partial charge in [0.05, 0.1) is 6.20 Å². The summed E-state index contributed by atoms with van der Waals surface area (Å²) in [6.07, 6.45) is -9.06. The fraction of sp³-hybridized carbons (Fsp3) is 0.400. The zero-order chi connectivity index (χ0) is 31.7. The average molecular weight is 623 g/mol. The maximum absolute atomic E-state index is 12.4. The van der Waals surface area contributed by atoms with Gasteiger partial charge in [0.1, 0.15) is 48.4 Å². The topological polar surface area (TPSA) is 220 Å². The highest BCUT2D eigenvalue weighted by Crippen LogP contribution is 2.39. The number of rotatable bonds is 10. The zero-order valence-corrected chi connectivity index (χ0v) is 23.9. The molecule has 2 fully saturated rings. The first kappa shape index (κ1) is 30.9. The summed E-state index contributed by atoms with van der Waals surface area (Å²) >= 11 is 0. The number of hydrogen-bond donors (Lipinski definition) is 6. The molecule has 0 saturated carbocycles. The van der Waals surface area contributed by atoms with E-state index < -0.39 is 66.5 Å². The van der Waals surface area contributed by atoms with Gasteiger partial charge in [-0.05, 0) is 23.1 Å². The van der Waals surface area contributed by atoms with Crippen LogP contribution in [0.1, 0.15) is 23.6 Å². The van der Waals surface area contributed by atoms with Gasteiger partial charge in [-0.3, -0.25) is 19.0 Å². The van der Waals surface area contributed by atoms with Gasteiger partial charge in [0, 0.05) is 25.4 Å². The molecule has 238 valence electrons. The van der Waals surface area contributed by atoms with Crippen molar-refractivity contribution in [3.63, 3.8) is 0 Å². The van der Waals surface area contributed by atoms with Crippen molar-refractivity contribution in [2.75, 3.05) is 6.54 Å². The van der Waals surface area contributed by atoms with E-state index in [1.807, 2.05) is 54.6 Å². The zero-order valence-electron chi connectivity index (χ0n) is 23.9. The number of hydrogen-bond acceptors (Lipinski definition) is 12. The van der Waals surface area contributed by atoms with Crippen molar-refractivity contribution < 1.29 is 34.6 Å². The molecule has 0 unspecified atom stereocenters. The Hall–Kier alpha value is -4.06. The Bertz CT molecular complexity index is 1690. The van der Waals surface area contributed by atoms with Gasteiger partial charge < -0.3 is 40.4 Å². The molecule has 15 nitrogen and oxygen atoms in total. The van der Waals surface area contributed by atoms with E-state index in [-0.39, 0.29) is 12.2 Å². The van der Waals surface area contributed by atoms with Gasteiger partial charge >= 0.3 is 5.69 Å². The summed E-state index contributed by atoms with van der Waals surface area (Å²) in [5.41, 5.74) is 7.59. The number of aryl methyl sites for hydroxylation is 2. The second kappa shape index (κ2) is 13.1. The highest BCUT2D eigenvalue weighted by Gasteiger charge is 2.52. The molecule has 0 spiro atoms. The molecular formula is C30H34N6O9. The van der Waals surface area contributed by atoms with E-state index in [1.165, 1.54) is 0 Å². The van der Waals surface area contributed by atoms with Crippen LogP contribution in [0, 0.1) is 0 Å². The van der Waals surface area contributed by atoms with Crippen LogP contribution in [0.5, 0.6) is 0 Å². The first-order chi connectivity index (χ1) is 21.7. The molecule has 7 N–H and O–H groups in total. The maximum atomic E-state index is 12.4. The molecule has 45 heavy (non-hydrogen) atoms. The summed E-state index contributed by atoms with van der Waals surface area (Å²) in [6, 6.07) is 19.3. The van der Waals surface area contributed by atoms with Gasteiger partial charge in [-0.1, -0.05) is 59.8 Å². The molecule has 0 bridgehead atoms. The third-order valence-corrected chi connectivity index (χ3v) is 8.07. The van der Waals surface area contributed by atoms with Crippen molar-refractivity contribution in [3.8, 4) is 11.1 Å². The number of benzene rings is 2. The Labute approximate surface area is 256 Å². The predicted octanol–water partition coefficient (Wildman–Crippen LogP) is -1.18. The smallest absolute Gasteiger partial charge is 0.330 e. The lowest BCUT2D eigenvalue weighted by atomic mass is 10.0. The van der Waals surface area contributed by atoms with Gasteiger partial charge in [0.15, 0.2) is 12.5 Å². The molecule has 2 aliphatic rings. The molecule has 0 aliphatic carbocycles. The standard InChI is InChI=1S/C30H34N6O9/c31-14-20-22(38)25(41)29(43-20)45-26(27-23(39)24(40)28(44-27)36-13-11-21(37)32-30(36)42)19-15-35(34-33-19)12-10-16-6-8-18(9-7-16)17-4-2-1-3-5-17/h1-9,11,13,15,20,22-29,38-41H,10,12,14,31H2,(H,32,37,42)/t20-,22-,23+,24-,25-,26+,27+,28-,29+/m1/s1. The van der Waals surface area contributed by atoms with Crippen molar-refractivity contribution in [2.45, 2.75) is 68.2 Å². The Morgan fingerprint density at radius 2 is 1.64 bits per heavy atom. The number of ether oxygens (including phenoxy) is 3. The largest absolute Gasteiger partial charge is 0.387 e. The number of nitrogens with zero attached hydrogens (tertiary/aromatic N) is 4. The lowest BCUT2D eigenvalue weighted by Gasteiger charge is -2.28. The van der Waals surface area contributed by atoms with Gasteiger partial charge in [0.2, 0.25) is 0 Å². The summed E-state index contributed by atoms with van der Waals surface area (Å²) in [7, 11) is 0. The molecule has 4 heterocycles. The Morgan fingerprint density at radius 1 is 0.911 bits per heavy atom. The van der Waals surface area contributed by atoms with Crippen LogP contribution in [0.3, 0.4) is 0 Å². The summed E-state index contributed by atoms with van der Waals surface area (Å²) in [6.45, 7) is 0.344. The van der Waals surface area contributed by atoms with Crippen LogP contribution in [0.15, 0.2) is 82.6 Å². The highest BCUT2D eigenvalue weighted by molar-refractivity contribution is 5.63. The number of aromatic nitrogens is 5. The molecular weight excluding hydrogens is 588 g/mol. The number of aliphatic hydroxyl groups excluding tert-OH is 4. The van der Waals surface area contributed by atoms with E-state index in [4.69, 9.17) is 19.9 Å². The molecule has 9 atom stereocenters. The molecule has 2 aromatic carbocycles. The molecule has 4 aromatic rings. The highest BCUT2D eigenvalue weighted by atomic mass is 16.7. The molecule has 2 aliphatic heterocycles. The third-order valence-electron chi connectivity index (χ3n) is 8.07. The number of H-pyrrole nitrogens is 1. The van der Waals surface area contributed by atoms with E-state index >= 15 is 0 Å². The number of nitrogens with two attached hydrogens (primary N) is 1. The normalized spacial score (nSPS) is 28.8. The van der Waals surface area contributed by atoms with E-state index in [0.29, 0.717) is 13.0 Å². The second-order valence-corrected chi connectivity index (χ2v) is 11.0. The number of nitrogens with one attached hydrogen (secondary N) is 1. The van der Waals surface area contributed by atoms with Crippen molar-refractivity contribution in [3.05, 3.63) is 105 Å². The minimum absolute atomic E-state index is 0.0935. The summed E-state index contributed by atoms with van der Waals surface area (Å²) in [4.78, 5) is 26.1. The monoisotopic (exact) mass is 622 g/mol. The van der Waals surface area contributed by atoms with Crippen LogP contribution in [-0.2, 0) is 27.2 Å². The predicted molar refractivity (Wildman–Crippen MR) is 156 cm³/mol. The van der Waals surface area contributed by atoms with Crippen LogP contribution >= 0.6 is 0 Å². The van der Waals surface area contributed by atoms with Crippen molar-refractivity contribution in [2.24, 2.45) is 5.73 Å². The SMILES string of the molecule is NC[C@H]1O[C@@H](O[C@@H](c2cn(CCc3ccc(-c4ccccc4)cc3)nn2)[C@H]2O[C@@H](n3ccc(=O)[nH]c3=O)[C@H](O)[C@@H]2O)[C@H](O)[C@@H]1O. The number of aromatic amines is 1. The van der Waals surface area contributed by atoms with Crippen LogP contribution in [-0.4, -0.2) is 94.4 Å². The van der Waals surface area contributed by atoms with Crippen LogP contribution in [0.25, 0.3) is 11.1 Å². The van der Waals surface area contributed by atoms with Gasteiger partial charge in [-0.2, -0.15) is 0 Å². The fourth-order valence-corrected chi connectivity index (χ4v) is 5.57. The van der Waals surface area contributed by atoms with E-state index in [9.17, 15) is 30.0 Å². The molecule has 15 heteroatoms. The maximum Gasteiger partial charge on any atom is 0.330 e. The van der Waals surface area contributed by atoms with Crippen molar-refractivity contribution >= 4 is 0 Å². The molecule has 2 aromatic heterocycles. The van der Waals surface area contributed by atoms with E-state index in [1.54, 1.807) is 10.9 Å². The second-order valence-electron chi connectivity index (χ2n) is 11.0. The minimum Gasteiger partial charge on any atom is -0.387 e. The Kier molecular flexibility index (Phi) is 9.02. The lowest BCUT2D eigenvalue weighted by molar-refractivity contribution is -0.224. The summed E-state index contributed by atoms with van der Waals surface area (Å²) in [5, 5.41) is 51.2. The van der Waals surface area contributed by atoms with Crippen LogP contribution in [0.2, 0.25) is 0 Å². The number of aliphatic hydroxyl groups is 4. The molecule has 6 rings (SSSR count). The van der Waals surface area contributed by atoms with E-state index in [0.717, 1.165) is 33.5 Å². The first-order valence-electron chi connectivity index (χ1n) is 14.5. The van der Waals surface area contributed by atoms with Gasteiger partial charge in [0.25, 0.3) is 5.56 Å². The molecule has 2 saturated heterocycles. The quantitative estimate of drug-likeness (QED) is 0.123. The third kappa shape index (κ3) is 6.38. The van der Waals surface area contributed by atoms with Crippen molar-refractivity contribution in [1.82, 2.24) is 24.5 Å². The minimum atomic E-state index is -1.62. The van der Waals surface area contributed by atoms with Gasteiger partial charge in [-0.15, -0.1) is 5.10 Å². The summed E-state index contributed by atoms with van der Waals surface area (Å²) < 4.78 is 20.1. The molecule has 0 amide bonds.